The number of aliphatic hydroxyl groups is 1. The van der Waals surface area contributed by atoms with Gasteiger partial charge in [0.15, 0.2) is 35.4 Å². The fraction of sp³-hybridized carbons (Fsp3) is 0.312. The molecule has 1 saturated heterocycles. The summed E-state index contributed by atoms with van der Waals surface area (Å²) in [5.74, 6) is -1.96. The first kappa shape index (κ1) is 28.9. The zero-order valence-corrected chi connectivity index (χ0v) is 20.6. The molecule has 1 aliphatic heterocycles. The molecular formula is C16H14N11O13P. The van der Waals surface area contributed by atoms with E-state index in [0.717, 1.165) is 10.9 Å². The number of aromatic nitrogens is 4. The Bertz CT molecular complexity index is 1630. The summed E-state index contributed by atoms with van der Waals surface area (Å²) < 4.78 is 28.7. The van der Waals surface area contributed by atoms with Crippen molar-refractivity contribution in [1.29, 1.82) is 0 Å². The minimum atomic E-state index is -5.51. The van der Waals surface area contributed by atoms with Gasteiger partial charge in [0, 0.05) is 4.91 Å². The van der Waals surface area contributed by atoms with Gasteiger partial charge in [0.1, 0.15) is 12.4 Å². The van der Waals surface area contributed by atoms with E-state index in [4.69, 9.17) is 25.3 Å². The van der Waals surface area contributed by atoms with Crippen LogP contribution in [-0.4, -0.2) is 74.1 Å². The zero-order chi connectivity index (χ0) is 30.2. The second kappa shape index (κ2) is 10.8. The highest BCUT2D eigenvalue weighted by Gasteiger charge is 2.53. The predicted octanol–water partition coefficient (Wildman–Crippen LogP) is 0.890. The van der Waals surface area contributed by atoms with Crippen LogP contribution in [0, 0.1) is 30.3 Å². The Morgan fingerprint density at radius 2 is 1.78 bits per heavy atom. The smallest absolute Gasteiger partial charge is 0.470 e. The van der Waals surface area contributed by atoms with E-state index < -0.39 is 82.5 Å². The summed E-state index contributed by atoms with van der Waals surface area (Å²) in [5.41, 5.74) is 10.8. The molecule has 0 radical (unpaired) electrons. The number of hydrogen-bond acceptors (Lipinski definition) is 16. The van der Waals surface area contributed by atoms with Crippen LogP contribution in [0.15, 0.2) is 23.6 Å². The van der Waals surface area contributed by atoms with Gasteiger partial charge < -0.3 is 30.1 Å². The number of nitro groups is 3. The number of hydrogen-bond donors (Lipinski definition) is 4. The molecule has 5 N–H and O–H groups in total. The van der Waals surface area contributed by atoms with Crippen LogP contribution >= 0.6 is 7.82 Å². The number of nitrogens with two attached hydrogens (primary N) is 1. The van der Waals surface area contributed by atoms with Crippen LogP contribution in [-0.2, 0) is 13.8 Å². The average Bonchev–Trinajstić information content (AvgIpc) is 3.41. The van der Waals surface area contributed by atoms with Crippen molar-refractivity contribution in [3.8, 4) is 5.75 Å². The van der Waals surface area contributed by atoms with Crippen molar-refractivity contribution in [2.24, 2.45) is 5.11 Å². The number of fused-ring (bicyclic) bond motifs is 1. The largest absolute Gasteiger partial charge is 0.473 e. The number of phosphoric ester groups is 1. The number of nitro benzene ring substituents is 3. The molecule has 25 heteroatoms. The maximum atomic E-state index is 11.9. The maximum Gasteiger partial charge on any atom is 0.470 e. The Morgan fingerprint density at radius 1 is 1.15 bits per heavy atom. The molecule has 2 aromatic heterocycles. The number of imidazole rings is 1. The van der Waals surface area contributed by atoms with Gasteiger partial charge in [-0.15, -0.1) is 0 Å². The number of ether oxygens (including phenoxy) is 2. The first-order valence-electron chi connectivity index (χ1n) is 10.6. The Labute approximate surface area is 223 Å². The number of azide groups is 1. The summed E-state index contributed by atoms with van der Waals surface area (Å²) in [4.78, 5) is 64.5. The molecule has 0 unspecified atom stereocenters. The number of rotatable bonds is 10. The molecule has 41 heavy (non-hydrogen) atoms. The van der Waals surface area contributed by atoms with E-state index in [1.54, 1.807) is 0 Å². The molecule has 3 heterocycles. The molecule has 3 aromatic rings. The highest BCUT2D eigenvalue weighted by atomic mass is 31.2. The average molecular weight is 599 g/mol. The highest BCUT2D eigenvalue weighted by Crippen LogP contribution is 2.49. The summed E-state index contributed by atoms with van der Waals surface area (Å²) >= 11 is 0. The Kier molecular flexibility index (Phi) is 7.63. The molecule has 0 saturated carbocycles. The van der Waals surface area contributed by atoms with Crippen LogP contribution in [0.4, 0.5) is 28.8 Å². The molecule has 1 aromatic carbocycles. The molecule has 0 aliphatic carbocycles. The number of anilines is 1. The molecule has 216 valence electrons. The number of nitrogen functional groups attached to an aromatic ring is 1. The van der Waals surface area contributed by atoms with Gasteiger partial charge >= 0.3 is 19.2 Å². The van der Waals surface area contributed by atoms with Crippen LogP contribution in [0.2, 0.25) is 0 Å². The van der Waals surface area contributed by atoms with Crippen molar-refractivity contribution in [3.63, 3.8) is 0 Å². The second-order valence-corrected chi connectivity index (χ2v) is 9.07. The maximum absolute atomic E-state index is 11.9. The van der Waals surface area contributed by atoms with E-state index in [0.29, 0.717) is 12.1 Å². The third kappa shape index (κ3) is 5.50. The standard InChI is InChI=1S/C16H14N11O13P/c17-13-9-14(20-4-19-13)24(16(21-9)22-23-18)15-12(40-41(35,36)37)11(8(3-28)38-15)39-10-6(26(31)32)1-5(25(29)30)2-7(10)27(33)34/h1-2,4,8,11-12,15,28H,3H2,(H2,17,19,20)(H2,35,36,37)/t8-,11-,12-,15-/m1/s1. The molecule has 1 aliphatic rings. The molecular weight excluding hydrogens is 585 g/mol. The molecule has 0 amide bonds. The first-order chi connectivity index (χ1) is 19.3. The lowest BCUT2D eigenvalue weighted by Gasteiger charge is -2.25. The van der Waals surface area contributed by atoms with Gasteiger partial charge in [-0.1, -0.05) is 0 Å². The third-order valence-corrected chi connectivity index (χ3v) is 6.01. The lowest BCUT2D eigenvalue weighted by atomic mass is 10.1. The van der Waals surface area contributed by atoms with Crippen LogP contribution in [0.1, 0.15) is 6.23 Å². The quantitative estimate of drug-likeness (QED) is 0.0627. The minimum absolute atomic E-state index is 0.167. The van der Waals surface area contributed by atoms with Crippen LogP contribution < -0.4 is 10.5 Å². The zero-order valence-electron chi connectivity index (χ0n) is 19.7. The topological polar surface area (TPSA) is 353 Å². The number of benzene rings is 1. The fourth-order valence-electron chi connectivity index (χ4n) is 3.95. The predicted molar refractivity (Wildman–Crippen MR) is 127 cm³/mol. The SMILES string of the molecule is [N-]=[N+]=Nc1nc2c(N)ncnc2n1[C@@H]1O[C@H](CO)[C@@H](Oc2c([N+](=O)[O-])cc([N+](=O)[O-])cc2[N+](=O)[O-])[C@H]1OP(=O)(O)O. The highest BCUT2D eigenvalue weighted by molar-refractivity contribution is 7.46. The monoisotopic (exact) mass is 599 g/mol. The van der Waals surface area contributed by atoms with Gasteiger partial charge in [0.25, 0.3) is 11.4 Å². The van der Waals surface area contributed by atoms with E-state index in [-0.39, 0.29) is 17.0 Å². The van der Waals surface area contributed by atoms with E-state index in [9.17, 15) is 49.8 Å². The lowest BCUT2D eigenvalue weighted by Crippen LogP contribution is -2.40. The molecule has 0 spiro atoms. The number of aliphatic hydroxyl groups excluding tert-OH is 1. The van der Waals surface area contributed by atoms with Crippen LogP contribution in [0.5, 0.6) is 5.75 Å². The molecule has 4 atom stereocenters. The van der Waals surface area contributed by atoms with Crippen molar-refractivity contribution in [3.05, 3.63) is 59.2 Å². The second-order valence-electron chi connectivity index (χ2n) is 7.88. The summed E-state index contributed by atoms with van der Waals surface area (Å²) in [6.07, 6.45) is -6.68. The van der Waals surface area contributed by atoms with Gasteiger partial charge in [0.05, 0.1) is 33.5 Å². The first-order valence-corrected chi connectivity index (χ1v) is 12.1. The number of phosphoric acid groups is 1. The minimum Gasteiger partial charge on any atom is -0.473 e. The van der Waals surface area contributed by atoms with Crippen molar-refractivity contribution >= 4 is 47.8 Å². The van der Waals surface area contributed by atoms with Crippen molar-refractivity contribution in [2.75, 3.05) is 12.3 Å². The normalized spacial score (nSPS) is 20.5. The molecule has 4 rings (SSSR count). The van der Waals surface area contributed by atoms with Gasteiger partial charge in [-0.25, -0.2) is 19.5 Å². The molecule has 0 bridgehead atoms. The Morgan fingerprint density at radius 3 is 2.29 bits per heavy atom. The Balaban J connectivity index is 1.94. The van der Waals surface area contributed by atoms with E-state index in [1.807, 2.05) is 0 Å². The van der Waals surface area contributed by atoms with Crippen LogP contribution in [0.3, 0.4) is 0 Å². The summed E-state index contributed by atoms with van der Waals surface area (Å²) in [5, 5.41) is 48.0. The van der Waals surface area contributed by atoms with Crippen molar-refractivity contribution in [2.45, 2.75) is 24.5 Å². The van der Waals surface area contributed by atoms with Gasteiger partial charge in [0.2, 0.25) is 5.95 Å². The number of nitrogens with zero attached hydrogens (tertiary/aromatic N) is 10. The van der Waals surface area contributed by atoms with Gasteiger partial charge in [-0.05, 0) is 10.6 Å². The molecule has 24 nitrogen and oxygen atoms in total. The number of non-ortho nitro benzene ring substituents is 1. The summed E-state index contributed by atoms with van der Waals surface area (Å²) in [7, 11) is -5.51. The van der Waals surface area contributed by atoms with Gasteiger partial charge in [-0.2, -0.15) is 0 Å². The van der Waals surface area contributed by atoms with Crippen molar-refractivity contribution < 1.29 is 48.2 Å². The van der Waals surface area contributed by atoms with Crippen molar-refractivity contribution in [1.82, 2.24) is 19.5 Å². The fourth-order valence-corrected chi connectivity index (χ4v) is 4.49. The van der Waals surface area contributed by atoms with E-state index in [2.05, 4.69) is 25.0 Å². The van der Waals surface area contributed by atoms with E-state index >= 15 is 0 Å². The molecule has 1 fully saturated rings. The summed E-state index contributed by atoms with van der Waals surface area (Å²) in [6.45, 7) is -1.03. The van der Waals surface area contributed by atoms with E-state index in [1.165, 1.54) is 0 Å². The Hall–Kier alpha value is -5.09. The van der Waals surface area contributed by atoms with Gasteiger partial charge in [-0.3, -0.25) is 39.4 Å². The lowest BCUT2D eigenvalue weighted by molar-refractivity contribution is -0.404. The summed E-state index contributed by atoms with van der Waals surface area (Å²) in [6, 6.07) is 0.705. The van der Waals surface area contributed by atoms with Crippen LogP contribution in [0.25, 0.3) is 21.6 Å². The third-order valence-electron chi connectivity index (χ3n) is 5.49.